The van der Waals surface area contributed by atoms with Crippen molar-refractivity contribution in [2.24, 2.45) is 28.8 Å². The molecular formula is C19H16N2O3. The van der Waals surface area contributed by atoms with Gasteiger partial charge in [-0.15, -0.1) is 6.42 Å². The fourth-order valence-electron chi connectivity index (χ4n) is 3.96. The number of imide groups is 1. The summed E-state index contributed by atoms with van der Waals surface area (Å²) in [6.07, 6.45) is 11.7. The van der Waals surface area contributed by atoms with Crippen molar-refractivity contribution in [2.75, 3.05) is 6.61 Å². The molecule has 0 radical (unpaired) electrons. The summed E-state index contributed by atoms with van der Waals surface area (Å²) >= 11 is 0. The monoisotopic (exact) mass is 320 g/mol. The first kappa shape index (κ1) is 14.7. The lowest BCUT2D eigenvalue weighted by molar-refractivity contribution is -0.140. The molecule has 0 spiro atoms. The minimum atomic E-state index is -0.238. The van der Waals surface area contributed by atoms with Crippen molar-refractivity contribution in [3.63, 3.8) is 0 Å². The van der Waals surface area contributed by atoms with Crippen molar-refractivity contribution in [1.82, 2.24) is 5.01 Å². The third kappa shape index (κ3) is 2.15. The van der Waals surface area contributed by atoms with Crippen LogP contribution in [0.5, 0.6) is 5.75 Å². The number of fused-ring (bicyclic) bond motifs is 5. The minimum Gasteiger partial charge on any atom is -0.480 e. The SMILES string of the molecule is C#CCOc1ccccc1C=NN1C(=O)C2C3C=CC(C3)C2C1=O. The Morgan fingerprint density at radius 3 is 2.54 bits per heavy atom. The largest absolute Gasteiger partial charge is 0.480 e. The second kappa shape index (κ2) is 5.64. The summed E-state index contributed by atoms with van der Waals surface area (Å²) in [5, 5.41) is 5.18. The van der Waals surface area contributed by atoms with Gasteiger partial charge in [0.15, 0.2) is 0 Å². The van der Waals surface area contributed by atoms with E-state index in [1.54, 1.807) is 12.1 Å². The molecule has 120 valence electrons. The number of para-hydroxylation sites is 1. The number of carbonyl (C=O) groups is 2. The Morgan fingerprint density at radius 2 is 1.88 bits per heavy atom. The van der Waals surface area contributed by atoms with E-state index in [1.807, 2.05) is 12.1 Å². The Hall–Kier alpha value is -2.87. The lowest BCUT2D eigenvalue weighted by Crippen LogP contribution is -2.28. The van der Waals surface area contributed by atoms with E-state index in [0.29, 0.717) is 11.3 Å². The molecule has 4 unspecified atom stereocenters. The molecule has 1 aromatic rings. The lowest BCUT2D eigenvalue weighted by Gasteiger charge is -2.13. The van der Waals surface area contributed by atoms with Crippen molar-refractivity contribution in [3.8, 4) is 18.1 Å². The first-order valence-electron chi connectivity index (χ1n) is 7.96. The lowest BCUT2D eigenvalue weighted by atomic mass is 9.85. The van der Waals surface area contributed by atoms with E-state index >= 15 is 0 Å². The van der Waals surface area contributed by atoms with Gasteiger partial charge in [0.05, 0.1) is 18.1 Å². The number of ether oxygens (including phenoxy) is 1. The van der Waals surface area contributed by atoms with Gasteiger partial charge >= 0.3 is 0 Å². The second-order valence-corrected chi connectivity index (χ2v) is 6.26. The third-order valence-electron chi connectivity index (χ3n) is 4.99. The van der Waals surface area contributed by atoms with Crippen molar-refractivity contribution in [3.05, 3.63) is 42.0 Å². The average molecular weight is 320 g/mol. The van der Waals surface area contributed by atoms with Crippen LogP contribution in [0.4, 0.5) is 0 Å². The van der Waals surface area contributed by atoms with E-state index in [9.17, 15) is 9.59 Å². The molecule has 1 saturated carbocycles. The number of hydrazone groups is 1. The van der Waals surface area contributed by atoms with Gasteiger partial charge in [-0.05, 0) is 30.4 Å². The molecule has 24 heavy (non-hydrogen) atoms. The summed E-state index contributed by atoms with van der Waals surface area (Å²) in [5.41, 5.74) is 0.673. The Labute approximate surface area is 140 Å². The van der Waals surface area contributed by atoms with Gasteiger partial charge in [-0.25, -0.2) is 0 Å². The fourth-order valence-corrected chi connectivity index (χ4v) is 3.96. The number of amides is 2. The first-order chi connectivity index (χ1) is 11.7. The molecular weight excluding hydrogens is 304 g/mol. The summed E-state index contributed by atoms with van der Waals surface area (Å²) in [6, 6.07) is 7.22. The molecule has 5 heteroatoms. The maximum Gasteiger partial charge on any atom is 0.254 e. The molecule has 1 aromatic carbocycles. The van der Waals surface area contributed by atoms with E-state index in [4.69, 9.17) is 11.2 Å². The van der Waals surface area contributed by atoms with Crippen LogP contribution in [0.25, 0.3) is 0 Å². The molecule has 2 fully saturated rings. The van der Waals surface area contributed by atoms with E-state index in [2.05, 4.69) is 23.2 Å². The van der Waals surface area contributed by atoms with Gasteiger partial charge in [0.25, 0.3) is 11.8 Å². The van der Waals surface area contributed by atoms with Crippen LogP contribution >= 0.6 is 0 Å². The molecule has 3 aliphatic rings. The van der Waals surface area contributed by atoms with E-state index in [1.165, 1.54) is 6.21 Å². The smallest absolute Gasteiger partial charge is 0.254 e. The molecule has 0 aromatic heterocycles. The Bertz CT molecular complexity index is 775. The Balaban J connectivity index is 1.57. The van der Waals surface area contributed by atoms with Crippen molar-refractivity contribution < 1.29 is 14.3 Å². The quantitative estimate of drug-likeness (QED) is 0.368. The van der Waals surface area contributed by atoms with Gasteiger partial charge in [-0.3, -0.25) is 9.59 Å². The molecule has 5 nitrogen and oxygen atoms in total. The van der Waals surface area contributed by atoms with Gasteiger partial charge < -0.3 is 4.74 Å². The number of terminal acetylenes is 1. The average Bonchev–Trinajstić information content (AvgIpc) is 3.27. The van der Waals surface area contributed by atoms with Crippen LogP contribution < -0.4 is 4.74 Å². The van der Waals surface area contributed by atoms with Crippen LogP contribution in [0.3, 0.4) is 0 Å². The second-order valence-electron chi connectivity index (χ2n) is 6.26. The molecule has 0 N–H and O–H groups in total. The molecule has 2 bridgehead atoms. The van der Waals surface area contributed by atoms with Crippen LogP contribution in [0.1, 0.15) is 12.0 Å². The number of hydrogen-bond donors (Lipinski definition) is 0. The maximum atomic E-state index is 12.6. The predicted octanol–water partition coefficient (Wildman–Crippen LogP) is 1.84. The zero-order valence-corrected chi connectivity index (χ0v) is 13.0. The van der Waals surface area contributed by atoms with Crippen LogP contribution in [0.15, 0.2) is 41.5 Å². The highest BCUT2D eigenvalue weighted by molar-refractivity contribution is 6.06. The Morgan fingerprint density at radius 1 is 1.21 bits per heavy atom. The zero-order valence-electron chi connectivity index (χ0n) is 13.0. The van der Waals surface area contributed by atoms with Gasteiger partial charge in [-0.2, -0.15) is 10.1 Å². The molecule has 4 atom stereocenters. The van der Waals surface area contributed by atoms with Crippen molar-refractivity contribution in [2.45, 2.75) is 6.42 Å². The van der Waals surface area contributed by atoms with Crippen LogP contribution in [0, 0.1) is 36.0 Å². The van der Waals surface area contributed by atoms with Gasteiger partial charge in [0, 0.05) is 5.56 Å². The van der Waals surface area contributed by atoms with E-state index in [0.717, 1.165) is 11.4 Å². The van der Waals surface area contributed by atoms with Crippen LogP contribution in [0.2, 0.25) is 0 Å². The molecule has 4 rings (SSSR count). The van der Waals surface area contributed by atoms with E-state index < -0.39 is 0 Å². The van der Waals surface area contributed by atoms with Gasteiger partial charge in [0.1, 0.15) is 12.4 Å². The highest BCUT2D eigenvalue weighted by Gasteiger charge is 2.59. The number of rotatable bonds is 4. The first-order valence-corrected chi connectivity index (χ1v) is 7.96. The fraction of sp³-hybridized carbons (Fsp3) is 0.316. The number of benzene rings is 1. The minimum absolute atomic E-state index is 0.144. The van der Waals surface area contributed by atoms with Crippen LogP contribution in [-0.4, -0.2) is 29.6 Å². The number of hydrogen-bond acceptors (Lipinski definition) is 4. The summed E-state index contributed by atoms with van der Waals surface area (Å²) in [4.78, 5) is 25.1. The molecule has 2 amide bonds. The number of carbonyl (C=O) groups excluding carboxylic acids is 2. The zero-order chi connectivity index (χ0) is 16.7. The molecule has 1 aliphatic heterocycles. The highest BCUT2D eigenvalue weighted by Crippen LogP contribution is 2.52. The van der Waals surface area contributed by atoms with Crippen molar-refractivity contribution in [1.29, 1.82) is 0 Å². The molecule has 1 heterocycles. The predicted molar refractivity (Wildman–Crippen MR) is 87.9 cm³/mol. The van der Waals surface area contributed by atoms with Gasteiger partial charge in [0.2, 0.25) is 0 Å². The number of nitrogens with zero attached hydrogens (tertiary/aromatic N) is 2. The summed E-state index contributed by atoms with van der Waals surface area (Å²) in [7, 11) is 0. The summed E-state index contributed by atoms with van der Waals surface area (Å²) in [6.45, 7) is 0.144. The third-order valence-corrected chi connectivity index (χ3v) is 4.99. The van der Waals surface area contributed by atoms with E-state index in [-0.39, 0.29) is 42.1 Å². The number of allylic oxidation sites excluding steroid dienone is 2. The summed E-state index contributed by atoms with van der Waals surface area (Å²) < 4.78 is 5.45. The summed E-state index contributed by atoms with van der Waals surface area (Å²) in [5.74, 6) is 2.48. The van der Waals surface area contributed by atoms with Crippen molar-refractivity contribution >= 4 is 18.0 Å². The molecule has 1 saturated heterocycles. The highest BCUT2D eigenvalue weighted by atomic mass is 16.5. The standard InChI is InChI=1S/C19H16N2O3/c1-2-9-24-15-6-4-3-5-14(15)11-20-21-18(22)16-12-7-8-13(10-12)17(16)19(21)23/h1,3-8,11-13,16-17H,9-10H2. The molecule has 2 aliphatic carbocycles. The normalized spacial score (nSPS) is 30.2. The Kier molecular flexibility index (Phi) is 3.46. The van der Waals surface area contributed by atoms with Crippen LogP contribution in [-0.2, 0) is 9.59 Å². The topological polar surface area (TPSA) is 59.0 Å². The maximum absolute atomic E-state index is 12.6. The van der Waals surface area contributed by atoms with Gasteiger partial charge in [-0.1, -0.05) is 30.2 Å².